The molecule has 1 saturated carbocycles. The summed E-state index contributed by atoms with van der Waals surface area (Å²) in [5.41, 5.74) is 1.95. The quantitative estimate of drug-likeness (QED) is 0.308. The molecule has 2 aromatic rings. The Hall–Kier alpha value is -1.22. The molecule has 0 heterocycles. The molecule has 184 valence electrons. The summed E-state index contributed by atoms with van der Waals surface area (Å²) in [7, 11) is 0. The van der Waals surface area contributed by atoms with Crippen LogP contribution in [0.25, 0.3) is 0 Å². The lowest BCUT2D eigenvalue weighted by Gasteiger charge is -2.50. The molecule has 0 spiro atoms. The van der Waals surface area contributed by atoms with Crippen LogP contribution in [0.3, 0.4) is 0 Å². The lowest BCUT2D eigenvalue weighted by atomic mass is 9.53. The first-order valence-electron chi connectivity index (χ1n) is 12.3. The highest BCUT2D eigenvalue weighted by atomic mass is 35.5. The van der Waals surface area contributed by atoms with Gasteiger partial charge < -0.3 is 0 Å². The number of benzene rings is 2. The largest absolute Gasteiger partial charge is 0.299 e. The van der Waals surface area contributed by atoms with Gasteiger partial charge in [0.1, 0.15) is 5.78 Å². The number of carbonyl (C=O) groups excluding carboxylic acids is 1. The molecule has 0 aliphatic heterocycles. The van der Waals surface area contributed by atoms with Crippen LogP contribution in [0.4, 0.5) is 0 Å². The lowest BCUT2D eigenvalue weighted by Crippen LogP contribution is -2.49. The zero-order valence-electron chi connectivity index (χ0n) is 21.1. The standard InChI is InChI=1S/C30H38Cl2OS/c1-7-15-30(6)17-25(22-9-8-10-24(32)16-22)27(21-11-13-23(31)14-12-21)28(29(30)33)26(19(2)3)18-34-20(4)5/h7-14,16,19-20,25-28H,1,15,17-18H2,2-6H3/t25-,26-,27?,28?,30+/m1/s1. The van der Waals surface area contributed by atoms with Crippen molar-refractivity contribution < 1.29 is 4.79 Å². The van der Waals surface area contributed by atoms with Gasteiger partial charge in [0.25, 0.3) is 0 Å². The molecule has 1 aliphatic carbocycles. The van der Waals surface area contributed by atoms with Gasteiger partial charge in [-0.3, -0.25) is 4.79 Å². The SMILES string of the molecule is C=CC[C@@]1(C)C[C@H](c2cccc(Cl)c2)C(c2ccc(Cl)cc2)C([C@H](CSC(C)C)C(C)C)C1=O. The maximum absolute atomic E-state index is 14.4. The van der Waals surface area contributed by atoms with E-state index in [0.717, 1.165) is 17.2 Å². The van der Waals surface area contributed by atoms with Crippen molar-refractivity contribution >= 4 is 40.7 Å². The van der Waals surface area contributed by atoms with Crippen LogP contribution in [0.15, 0.2) is 61.2 Å². The number of hydrogen-bond acceptors (Lipinski definition) is 2. The molecule has 3 rings (SSSR count). The minimum atomic E-state index is -0.446. The van der Waals surface area contributed by atoms with Gasteiger partial charge in [-0.05, 0) is 77.0 Å². The molecule has 1 aliphatic rings. The number of allylic oxidation sites excluding steroid dienone is 1. The fraction of sp³-hybridized carbons (Fsp3) is 0.500. The van der Waals surface area contributed by atoms with Gasteiger partial charge in [-0.15, -0.1) is 6.58 Å². The monoisotopic (exact) mass is 516 g/mol. The first kappa shape index (κ1) is 27.4. The summed E-state index contributed by atoms with van der Waals surface area (Å²) in [5, 5.41) is 1.98. The minimum absolute atomic E-state index is 0.0706. The van der Waals surface area contributed by atoms with E-state index < -0.39 is 5.41 Å². The second-order valence-corrected chi connectivity index (χ2v) is 13.2. The summed E-state index contributed by atoms with van der Waals surface area (Å²) in [6, 6.07) is 16.4. The lowest BCUT2D eigenvalue weighted by molar-refractivity contribution is -0.139. The third-order valence-corrected chi connectivity index (χ3v) is 9.19. The maximum atomic E-state index is 14.4. The summed E-state index contributed by atoms with van der Waals surface area (Å²) in [4.78, 5) is 14.4. The number of thioether (sulfide) groups is 1. The summed E-state index contributed by atoms with van der Waals surface area (Å²) in [6.07, 6.45) is 3.39. The molecule has 2 unspecified atom stereocenters. The Morgan fingerprint density at radius 3 is 2.29 bits per heavy atom. The molecule has 4 heteroatoms. The van der Waals surface area contributed by atoms with Gasteiger partial charge in [0.05, 0.1) is 0 Å². The molecule has 34 heavy (non-hydrogen) atoms. The van der Waals surface area contributed by atoms with Crippen LogP contribution >= 0.6 is 35.0 Å². The molecule has 5 atom stereocenters. The van der Waals surface area contributed by atoms with Crippen molar-refractivity contribution in [2.24, 2.45) is 23.2 Å². The Labute approximate surface area is 220 Å². The fourth-order valence-electron chi connectivity index (χ4n) is 5.69. The van der Waals surface area contributed by atoms with Crippen LogP contribution in [-0.4, -0.2) is 16.8 Å². The predicted octanol–water partition coefficient (Wildman–Crippen LogP) is 9.45. The van der Waals surface area contributed by atoms with Crippen LogP contribution < -0.4 is 0 Å². The van der Waals surface area contributed by atoms with Crippen LogP contribution in [0.5, 0.6) is 0 Å². The van der Waals surface area contributed by atoms with Gasteiger partial charge >= 0.3 is 0 Å². The zero-order chi connectivity index (χ0) is 25.0. The Kier molecular flexibility index (Phi) is 9.40. The van der Waals surface area contributed by atoms with Crippen molar-refractivity contribution in [3.8, 4) is 0 Å². The Morgan fingerprint density at radius 2 is 1.74 bits per heavy atom. The molecule has 1 fully saturated rings. The Morgan fingerprint density at radius 1 is 1.06 bits per heavy atom. The van der Waals surface area contributed by atoms with E-state index in [4.69, 9.17) is 23.2 Å². The van der Waals surface area contributed by atoms with Gasteiger partial charge in [0.15, 0.2) is 0 Å². The second-order valence-electron chi connectivity index (χ2n) is 10.7. The maximum Gasteiger partial charge on any atom is 0.143 e. The predicted molar refractivity (Wildman–Crippen MR) is 150 cm³/mol. The van der Waals surface area contributed by atoms with E-state index in [0.29, 0.717) is 28.4 Å². The normalized spacial score (nSPS) is 26.1. The zero-order valence-corrected chi connectivity index (χ0v) is 23.4. The summed E-state index contributed by atoms with van der Waals surface area (Å²) in [6.45, 7) is 15.2. The molecule has 0 amide bonds. The van der Waals surface area contributed by atoms with Crippen molar-refractivity contribution in [3.05, 3.63) is 82.4 Å². The number of carbonyl (C=O) groups is 1. The van der Waals surface area contributed by atoms with Gasteiger partial charge in [-0.25, -0.2) is 0 Å². The van der Waals surface area contributed by atoms with Crippen molar-refractivity contribution in [3.63, 3.8) is 0 Å². The van der Waals surface area contributed by atoms with Crippen molar-refractivity contribution in [2.45, 2.75) is 64.5 Å². The number of ketones is 1. The third-order valence-electron chi connectivity index (χ3n) is 7.45. The van der Waals surface area contributed by atoms with E-state index in [-0.39, 0.29) is 23.7 Å². The molecule has 0 aromatic heterocycles. The number of Topliss-reactive ketones (excluding diaryl/α,β-unsaturated/α-hetero) is 1. The highest BCUT2D eigenvalue weighted by Crippen LogP contribution is 2.56. The highest BCUT2D eigenvalue weighted by molar-refractivity contribution is 7.99. The topological polar surface area (TPSA) is 17.1 Å². The molecule has 2 aromatic carbocycles. The summed E-state index contributed by atoms with van der Waals surface area (Å²) < 4.78 is 0. The van der Waals surface area contributed by atoms with Gasteiger partial charge in [0.2, 0.25) is 0 Å². The van der Waals surface area contributed by atoms with Crippen molar-refractivity contribution in [1.82, 2.24) is 0 Å². The highest BCUT2D eigenvalue weighted by Gasteiger charge is 2.53. The Balaban J connectivity index is 2.22. The molecule has 0 bridgehead atoms. The average Bonchev–Trinajstić information content (AvgIpc) is 2.77. The smallest absolute Gasteiger partial charge is 0.143 e. The number of halogens is 2. The second kappa shape index (κ2) is 11.7. The fourth-order valence-corrected chi connectivity index (χ4v) is 7.22. The first-order chi connectivity index (χ1) is 16.1. The van der Waals surface area contributed by atoms with Crippen molar-refractivity contribution in [1.29, 1.82) is 0 Å². The van der Waals surface area contributed by atoms with E-state index in [2.05, 4.69) is 65.5 Å². The van der Waals surface area contributed by atoms with E-state index >= 15 is 0 Å². The van der Waals surface area contributed by atoms with E-state index in [1.807, 2.05) is 42.1 Å². The molecule has 0 radical (unpaired) electrons. The number of hydrogen-bond donors (Lipinski definition) is 0. The van der Waals surface area contributed by atoms with E-state index in [9.17, 15) is 4.79 Å². The van der Waals surface area contributed by atoms with Gasteiger partial charge in [-0.2, -0.15) is 11.8 Å². The molecular formula is C30H38Cl2OS. The van der Waals surface area contributed by atoms with Gasteiger partial charge in [-0.1, -0.05) is 88.2 Å². The minimum Gasteiger partial charge on any atom is -0.299 e. The Bertz CT molecular complexity index is 984. The summed E-state index contributed by atoms with van der Waals surface area (Å²) in [5.74, 6) is 2.18. The van der Waals surface area contributed by atoms with Crippen LogP contribution in [0.1, 0.15) is 70.4 Å². The first-order valence-corrected chi connectivity index (χ1v) is 14.2. The van der Waals surface area contributed by atoms with E-state index in [1.165, 1.54) is 11.1 Å². The van der Waals surface area contributed by atoms with E-state index in [1.54, 1.807) is 0 Å². The molecule has 0 saturated heterocycles. The summed E-state index contributed by atoms with van der Waals surface area (Å²) >= 11 is 14.7. The average molecular weight is 518 g/mol. The number of rotatable bonds is 9. The third kappa shape index (κ3) is 6.12. The van der Waals surface area contributed by atoms with Crippen LogP contribution in [0, 0.1) is 23.2 Å². The van der Waals surface area contributed by atoms with Crippen LogP contribution in [-0.2, 0) is 4.79 Å². The molecule has 1 nitrogen and oxygen atoms in total. The van der Waals surface area contributed by atoms with Crippen LogP contribution in [0.2, 0.25) is 10.0 Å². The van der Waals surface area contributed by atoms with Gasteiger partial charge in [0, 0.05) is 27.3 Å². The molecule has 0 N–H and O–H groups in total. The molecular weight excluding hydrogens is 479 g/mol. The van der Waals surface area contributed by atoms with Crippen molar-refractivity contribution in [2.75, 3.05) is 5.75 Å².